The first-order valence-electron chi connectivity index (χ1n) is 10.5. The van der Waals surface area contributed by atoms with Gasteiger partial charge in [-0.25, -0.2) is 8.78 Å². The number of carbonyl (C=O) groups excluding carboxylic acids is 2. The molecule has 33 heavy (non-hydrogen) atoms. The third-order valence-corrected chi connectivity index (χ3v) is 5.27. The second-order valence-electron chi connectivity index (χ2n) is 8.47. The highest BCUT2D eigenvalue weighted by atomic mass is 19.1. The molecule has 1 aliphatic carbocycles. The minimum absolute atomic E-state index is 0.00579. The maximum Gasteiger partial charge on any atom is 0.270 e. The zero-order chi connectivity index (χ0) is 23.9. The lowest BCUT2D eigenvalue weighted by Gasteiger charge is -2.15. The molecule has 1 fully saturated rings. The Hall–Kier alpha value is -3.76. The van der Waals surface area contributed by atoms with Crippen molar-refractivity contribution in [2.45, 2.75) is 45.8 Å². The highest BCUT2D eigenvalue weighted by Crippen LogP contribution is 2.23. The van der Waals surface area contributed by atoms with Crippen LogP contribution in [0.25, 0.3) is 5.65 Å². The first-order valence-corrected chi connectivity index (χ1v) is 10.5. The average Bonchev–Trinajstić information content (AvgIpc) is 3.44. The molecule has 3 aromatic rings. The van der Waals surface area contributed by atoms with Gasteiger partial charge in [0, 0.05) is 30.8 Å². The number of amides is 2. The van der Waals surface area contributed by atoms with E-state index < -0.39 is 40.5 Å². The van der Waals surface area contributed by atoms with E-state index in [2.05, 4.69) is 15.7 Å². The molecule has 1 aliphatic rings. The lowest BCUT2D eigenvalue weighted by Crippen LogP contribution is -2.36. The summed E-state index contributed by atoms with van der Waals surface area (Å²) in [7, 11) is 0. The zero-order valence-corrected chi connectivity index (χ0v) is 18.1. The fourth-order valence-electron chi connectivity index (χ4n) is 3.50. The second kappa shape index (κ2) is 8.64. The van der Waals surface area contributed by atoms with Crippen molar-refractivity contribution in [1.82, 2.24) is 24.8 Å². The van der Waals surface area contributed by atoms with Crippen LogP contribution in [0.1, 0.15) is 53.0 Å². The number of benzene rings is 1. The smallest absolute Gasteiger partial charge is 0.270 e. The average molecular weight is 459 g/mol. The molecule has 0 aliphatic heterocycles. The van der Waals surface area contributed by atoms with Crippen LogP contribution < -0.4 is 16.2 Å². The number of fused-ring (bicyclic) bond motifs is 1. The van der Waals surface area contributed by atoms with Crippen molar-refractivity contribution in [1.29, 1.82) is 0 Å². The van der Waals surface area contributed by atoms with Crippen LogP contribution in [0.2, 0.25) is 0 Å². The van der Waals surface area contributed by atoms with Crippen LogP contribution in [0.3, 0.4) is 0 Å². The normalized spacial score (nSPS) is 13.5. The van der Waals surface area contributed by atoms with Crippen molar-refractivity contribution in [3.8, 4) is 5.88 Å². The number of nitrogens with one attached hydrogen (secondary N) is 2. The van der Waals surface area contributed by atoms with Crippen LogP contribution in [0.4, 0.5) is 8.78 Å². The fraction of sp³-hybridized carbons (Fsp3) is 0.364. The van der Waals surface area contributed by atoms with Gasteiger partial charge in [-0.15, -0.1) is 0 Å². The van der Waals surface area contributed by atoms with Gasteiger partial charge in [-0.1, -0.05) is 19.9 Å². The molecule has 11 heteroatoms. The summed E-state index contributed by atoms with van der Waals surface area (Å²) >= 11 is 0. The van der Waals surface area contributed by atoms with E-state index in [4.69, 9.17) is 0 Å². The first kappa shape index (κ1) is 22.4. The van der Waals surface area contributed by atoms with Gasteiger partial charge < -0.3 is 15.7 Å². The molecule has 0 atom stereocenters. The molecular weight excluding hydrogens is 436 g/mol. The predicted octanol–water partition coefficient (Wildman–Crippen LogP) is 1.96. The van der Waals surface area contributed by atoms with Crippen molar-refractivity contribution in [2.24, 2.45) is 5.92 Å². The third kappa shape index (κ3) is 4.43. The molecule has 0 radical (unpaired) electrons. The van der Waals surface area contributed by atoms with Crippen molar-refractivity contribution < 1.29 is 23.5 Å². The summed E-state index contributed by atoms with van der Waals surface area (Å²) in [5.74, 6) is -3.63. The lowest BCUT2D eigenvalue weighted by atomic mass is 10.2. The van der Waals surface area contributed by atoms with Crippen molar-refractivity contribution in [2.75, 3.05) is 0 Å². The summed E-state index contributed by atoms with van der Waals surface area (Å²) in [5.41, 5.74) is -1.15. The molecule has 1 aromatic carbocycles. The molecule has 1 saturated carbocycles. The van der Waals surface area contributed by atoms with Gasteiger partial charge in [0.15, 0.2) is 11.2 Å². The van der Waals surface area contributed by atoms with Gasteiger partial charge in [0.05, 0.1) is 6.20 Å². The highest BCUT2D eigenvalue weighted by Gasteiger charge is 2.30. The SMILES string of the molecule is CC(C)Cn1c(=O)c(C(=O)NC2CC2)c(O)n2ncc(C(=O)NCc3ccc(F)cc3F)c12. The Balaban J connectivity index is 1.73. The summed E-state index contributed by atoms with van der Waals surface area (Å²) in [6.45, 7) is 3.63. The number of carbonyl (C=O) groups is 2. The lowest BCUT2D eigenvalue weighted by molar-refractivity contribution is 0.0940. The molecular formula is C22H23F2N5O4. The molecule has 3 N–H and O–H groups in total. The number of hydrogen-bond donors (Lipinski definition) is 3. The Bertz CT molecular complexity index is 1310. The quantitative estimate of drug-likeness (QED) is 0.499. The van der Waals surface area contributed by atoms with Gasteiger partial charge in [-0.2, -0.15) is 9.61 Å². The van der Waals surface area contributed by atoms with Crippen LogP contribution in [0.5, 0.6) is 5.88 Å². The Morgan fingerprint density at radius 2 is 1.97 bits per heavy atom. The summed E-state index contributed by atoms with van der Waals surface area (Å²) in [5, 5.41) is 19.9. The molecule has 0 unspecified atom stereocenters. The van der Waals surface area contributed by atoms with Crippen LogP contribution in [-0.2, 0) is 13.1 Å². The molecule has 0 bridgehead atoms. The topological polar surface area (TPSA) is 118 Å². The molecule has 0 saturated heterocycles. The number of rotatable bonds is 7. The molecule has 9 nitrogen and oxygen atoms in total. The van der Waals surface area contributed by atoms with Gasteiger partial charge in [-0.05, 0) is 24.8 Å². The molecule has 2 aromatic heterocycles. The zero-order valence-electron chi connectivity index (χ0n) is 18.1. The number of aromatic hydroxyl groups is 1. The van der Waals surface area contributed by atoms with Crippen LogP contribution in [0.15, 0.2) is 29.2 Å². The van der Waals surface area contributed by atoms with Gasteiger partial charge in [0.25, 0.3) is 17.4 Å². The second-order valence-corrected chi connectivity index (χ2v) is 8.47. The van der Waals surface area contributed by atoms with Gasteiger partial charge >= 0.3 is 0 Å². The first-order chi connectivity index (χ1) is 15.7. The van der Waals surface area contributed by atoms with E-state index in [1.54, 1.807) is 0 Å². The van der Waals surface area contributed by atoms with Gasteiger partial charge in [0.1, 0.15) is 17.2 Å². The fourth-order valence-corrected chi connectivity index (χ4v) is 3.50. The van der Waals surface area contributed by atoms with Crippen LogP contribution in [-0.4, -0.2) is 37.1 Å². The Morgan fingerprint density at radius 3 is 2.61 bits per heavy atom. The van der Waals surface area contributed by atoms with E-state index in [0.717, 1.165) is 29.6 Å². The van der Waals surface area contributed by atoms with Crippen molar-refractivity contribution in [3.63, 3.8) is 0 Å². The minimum Gasteiger partial charge on any atom is -0.492 e. The highest BCUT2D eigenvalue weighted by molar-refractivity contribution is 6.01. The van der Waals surface area contributed by atoms with Gasteiger partial charge in [-0.3, -0.25) is 19.0 Å². The van der Waals surface area contributed by atoms with E-state index >= 15 is 0 Å². The molecule has 0 spiro atoms. The largest absolute Gasteiger partial charge is 0.492 e. The van der Waals surface area contributed by atoms with Crippen molar-refractivity contribution >= 4 is 17.5 Å². The number of hydrogen-bond acceptors (Lipinski definition) is 5. The minimum atomic E-state index is -0.809. The number of halogens is 2. The monoisotopic (exact) mass is 459 g/mol. The summed E-state index contributed by atoms with van der Waals surface area (Å²) in [4.78, 5) is 38.7. The van der Waals surface area contributed by atoms with E-state index in [9.17, 15) is 28.3 Å². The Morgan fingerprint density at radius 1 is 1.24 bits per heavy atom. The summed E-state index contributed by atoms with van der Waals surface area (Å²) in [6, 6.07) is 2.97. The van der Waals surface area contributed by atoms with E-state index in [0.29, 0.717) is 6.07 Å². The summed E-state index contributed by atoms with van der Waals surface area (Å²) in [6.07, 6.45) is 2.76. The Labute approximate surface area is 187 Å². The van der Waals surface area contributed by atoms with E-state index in [-0.39, 0.29) is 41.8 Å². The maximum atomic E-state index is 13.9. The van der Waals surface area contributed by atoms with Crippen LogP contribution >= 0.6 is 0 Å². The van der Waals surface area contributed by atoms with E-state index in [1.165, 1.54) is 10.6 Å². The summed E-state index contributed by atoms with van der Waals surface area (Å²) < 4.78 is 29.2. The predicted molar refractivity (Wildman–Crippen MR) is 114 cm³/mol. The number of aromatic nitrogens is 3. The maximum absolute atomic E-state index is 13.9. The van der Waals surface area contributed by atoms with Crippen molar-refractivity contribution in [3.05, 3.63) is 63.1 Å². The van der Waals surface area contributed by atoms with Gasteiger partial charge in [0.2, 0.25) is 5.88 Å². The molecule has 174 valence electrons. The third-order valence-electron chi connectivity index (χ3n) is 5.27. The standard InChI is InChI=1S/C22H23F2N5O4/c1-11(2)10-28-20-15(18(30)25-8-12-3-4-13(23)7-16(12)24)9-26-29(20)22(33)17(21(28)32)19(31)27-14-5-6-14/h3-4,7,9,11,14,33H,5-6,8,10H2,1-2H3,(H,25,30)(H,27,31). The van der Waals surface area contributed by atoms with E-state index in [1.807, 2.05) is 13.8 Å². The van der Waals surface area contributed by atoms with Crippen LogP contribution in [0, 0.1) is 17.6 Å². The molecule has 2 amide bonds. The molecule has 2 heterocycles. The number of nitrogens with zero attached hydrogens (tertiary/aromatic N) is 3. The molecule has 4 rings (SSSR count). The Kier molecular flexibility index (Phi) is 5.88.